The summed E-state index contributed by atoms with van der Waals surface area (Å²) in [6, 6.07) is 30.2. The Morgan fingerprint density at radius 2 is 0.958 bits per heavy atom. The van der Waals surface area contributed by atoms with Crippen LogP contribution in [0.15, 0.2) is 91.0 Å². The summed E-state index contributed by atoms with van der Waals surface area (Å²) in [7, 11) is -2.59. The van der Waals surface area contributed by atoms with Crippen LogP contribution in [0.1, 0.15) is 0 Å². The van der Waals surface area contributed by atoms with Crippen molar-refractivity contribution in [2.75, 3.05) is 6.16 Å². The quantitative estimate of drug-likeness (QED) is 0.711. The van der Waals surface area contributed by atoms with Gasteiger partial charge in [0.15, 0.2) is 0 Å². The van der Waals surface area contributed by atoms with Gasteiger partial charge >= 0.3 is 136 Å². The molecule has 3 aromatic rings. The van der Waals surface area contributed by atoms with Crippen LogP contribution in [0, 0.1) is 0 Å². The number of carboxylic acids is 1. The predicted octanol–water partition coefficient (Wildman–Crippen LogP) is 3.22. The number of rotatable bonds is 5. The first-order chi connectivity index (χ1) is 11.2. The van der Waals surface area contributed by atoms with E-state index in [2.05, 4.69) is 36.4 Å². The first-order valence-electron chi connectivity index (χ1n) is 7.62. The standard InChI is InChI=1S/C20H19O2P.ClH/c21-20(22)16-23(17-10-4-1-5-11-17,18-12-6-2-7-13-18)19-14-8-3-9-15-19;/h1-15,23H,16H2,(H,21,22);1H. The van der Waals surface area contributed by atoms with E-state index in [0.29, 0.717) is 0 Å². The predicted molar refractivity (Wildman–Crippen MR) is 106 cm³/mol. The Labute approximate surface area is 148 Å². The fourth-order valence-electron chi connectivity index (χ4n) is 3.20. The molecule has 0 aliphatic heterocycles. The molecule has 24 heavy (non-hydrogen) atoms. The van der Waals surface area contributed by atoms with Gasteiger partial charge in [0.25, 0.3) is 0 Å². The second-order valence-corrected chi connectivity index (χ2v) is 9.47. The van der Waals surface area contributed by atoms with Crippen LogP contribution < -0.4 is 15.9 Å². The zero-order chi connectivity index (χ0) is 16.1. The van der Waals surface area contributed by atoms with Crippen molar-refractivity contribution in [2.45, 2.75) is 0 Å². The third-order valence-corrected chi connectivity index (χ3v) is 9.01. The molecule has 2 nitrogen and oxygen atoms in total. The van der Waals surface area contributed by atoms with Gasteiger partial charge in [0.1, 0.15) is 0 Å². The summed E-state index contributed by atoms with van der Waals surface area (Å²) in [5.74, 6) is -0.756. The van der Waals surface area contributed by atoms with Crippen LogP contribution in [-0.4, -0.2) is 17.2 Å². The van der Waals surface area contributed by atoms with Crippen molar-refractivity contribution in [1.82, 2.24) is 0 Å². The average Bonchev–Trinajstić information content (AvgIpc) is 2.62. The van der Waals surface area contributed by atoms with Crippen LogP contribution in [0.25, 0.3) is 0 Å². The zero-order valence-electron chi connectivity index (χ0n) is 13.1. The Morgan fingerprint density at radius 1 is 0.667 bits per heavy atom. The van der Waals surface area contributed by atoms with E-state index in [1.807, 2.05) is 54.6 Å². The Kier molecular flexibility index (Phi) is 6.14. The molecule has 0 saturated heterocycles. The molecule has 3 aromatic carbocycles. The van der Waals surface area contributed by atoms with Gasteiger partial charge in [0.2, 0.25) is 0 Å². The fraction of sp³-hybridized carbons (Fsp3) is 0.0500. The summed E-state index contributed by atoms with van der Waals surface area (Å²) in [6.07, 6.45) is 0.144. The van der Waals surface area contributed by atoms with E-state index >= 15 is 0 Å². The van der Waals surface area contributed by atoms with E-state index in [-0.39, 0.29) is 18.6 Å². The van der Waals surface area contributed by atoms with Crippen molar-refractivity contribution in [3.8, 4) is 0 Å². The van der Waals surface area contributed by atoms with Crippen molar-refractivity contribution in [1.29, 1.82) is 0 Å². The molecule has 0 amide bonds. The summed E-state index contributed by atoms with van der Waals surface area (Å²) >= 11 is 0. The van der Waals surface area contributed by atoms with Crippen LogP contribution in [0.3, 0.4) is 0 Å². The molecular formula is C20H20ClO2P. The van der Waals surface area contributed by atoms with Gasteiger partial charge in [-0.25, -0.2) is 0 Å². The first-order valence-corrected chi connectivity index (χ1v) is 9.82. The van der Waals surface area contributed by atoms with Crippen LogP contribution in [0.4, 0.5) is 0 Å². The Morgan fingerprint density at radius 3 is 1.21 bits per heavy atom. The Balaban J connectivity index is 0.00000208. The minimum atomic E-state index is -2.59. The molecule has 0 radical (unpaired) electrons. The van der Waals surface area contributed by atoms with E-state index in [1.165, 1.54) is 0 Å². The molecule has 0 unspecified atom stereocenters. The number of carbonyl (C=O) groups is 1. The monoisotopic (exact) mass is 358 g/mol. The SMILES string of the molecule is Cl.O=C(O)C[PH](c1ccccc1)(c1ccccc1)c1ccccc1. The molecule has 0 aliphatic rings. The van der Waals surface area contributed by atoms with Crippen LogP contribution in [0.5, 0.6) is 0 Å². The molecule has 0 atom stereocenters. The topological polar surface area (TPSA) is 37.3 Å². The second-order valence-electron chi connectivity index (χ2n) is 5.57. The van der Waals surface area contributed by atoms with E-state index in [0.717, 1.165) is 15.9 Å². The fourth-order valence-corrected chi connectivity index (χ4v) is 7.55. The number of hydrogen-bond donors (Lipinski definition) is 1. The van der Waals surface area contributed by atoms with Gasteiger partial charge in [0, 0.05) is 0 Å². The third-order valence-electron chi connectivity index (χ3n) is 4.22. The molecule has 124 valence electrons. The molecule has 0 heterocycles. The molecular weight excluding hydrogens is 339 g/mol. The van der Waals surface area contributed by atoms with Gasteiger partial charge in [-0.1, -0.05) is 0 Å². The average molecular weight is 359 g/mol. The normalized spacial score (nSPS) is 11.3. The van der Waals surface area contributed by atoms with Gasteiger partial charge in [-0.2, -0.15) is 0 Å². The molecule has 0 spiro atoms. The maximum atomic E-state index is 11.8. The van der Waals surface area contributed by atoms with Crippen LogP contribution >= 0.6 is 19.7 Å². The Bertz CT molecular complexity index is 680. The molecule has 0 aliphatic carbocycles. The van der Waals surface area contributed by atoms with Crippen LogP contribution in [0.2, 0.25) is 0 Å². The Hall–Kier alpha value is -2.15. The summed E-state index contributed by atoms with van der Waals surface area (Å²) < 4.78 is 0. The van der Waals surface area contributed by atoms with Crippen LogP contribution in [-0.2, 0) is 4.79 Å². The van der Waals surface area contributed by atoms with Gasteiger partial charge in [-0.05, 0) is 0 Å². The number of carboxylic acid groups (broad SMARTS) is 1. The molecule has 1 N–H and O–H groups in total. The second kappa shape index (κ2) is 8.10. The summed E-state index contributed by atoms with van der Waals surface area (Å²) in [4.78, 5) is 11.8. The van der Waals surface area contributed by atoms with Gasteiger partial charge in [-0.3, -0.25) is 0 Å². The number of hydrogen-bond acceptors (Lipinski definition) is 1. The number of aliphatic carboxylic acids is 1. The van der Waals surface area contributed by atoms with Crippen molar-refractivity contribution in [3.63, 3.8) is 0 Å². The summed E-state index contributed by atoms with van der Waals surface area (Å²) in [6.45, 7) is 0. The molecule has 3 rings (SSSR count). The van der Waals surface area contributed by atoms with Crippen molar-refractivity contribution >= 4 is 41.6 Å². The van der Waals surface area contributed by atoms with Gasteiger partial charge in [0.05, 0.1) is 0 Å². The molecule has 0 aromatic heterocycles. The van der Waals surface area contributed by atoms with E-state index in [4.69, 9.17) is 0 Å². The van der Waals surface area contributed by atoms with E-state index in [9.17, 15) is 9.90 Å². The van der Waals surface area contributed by atoms with Gasteiger partial charge < -0.3 is 0 Å². The molecule has 4 heteroatoms. The number of halogens is 1. The minimum absolute atomic E-state index is 0. The first kappa shape index (κ1) is 18.2. The van der Waals surface area contributed by atoms with Gasteiger partial charge in [-0.15, -0.1) is 12.4 Å². The molecule has 0 fully saturated rings. The maximum absolute atomic E-state index is 11.8. The van der Waals surface area contributed by atoms with Crippen molar-refractivity contribution < 1.29 is 9.90 Å². The summed E-state index contributed by atoms with van der Waals surface area (Å²) in [5.41, 5.74) is 0. The van der Waals surface area contributed by atoms with Crippen molar-refractivity contribution in [2.24, 2.45) is 0 Å². The zero-order valence-corrected chi connectivity index (χ0v) is 14.9. The molecule has 0 bridgehead atoms. The van der Waals surface area contributed by atoms with E-state index < -0.39 is 13.2 Å². The van der Waals surface area contributed by atoms with E-state index in [1.54, 1.807) is 0 Å². The third kappa shape index (κ3) is 3.51. The number of benzene rings is 3. The summed E-state index contributed by atoms with van der Waals surface area (Å²) in [5, 5.41) is 13.0. The van der Waals surface area contributed by atoms with Crippen molar-refractivity contribution in [3.05, 3.63) is 91.0 Å². The molecule has 0 saturated carbocycles.